The van der Waals surface area contributed by atoms with Gasteiger partial charge in [-0.25, -0.2) is 8.42 Å². The van der Waals surface area contributed by atoms with E-state index >= 15 is 0 Å². The van der Waals surface area contributed by atoms with Crippen LogP contribution in [0.15, 0.2) is 23.1 Å². The maximum absolute atomic E-state index is 13.2. The molecule has 2 fully saturated rings. The molecule has 166 valence electrons. The van der Waals surface area contributed by atoms with Crippen molar-refractivity contribution < 1.29 is 27.5 Å². The number of amides is 2. The average molecular weight is 440 g/mol. The minimum atomic E-state index is -3.84. The SMILES string of the molecule is COc1ccc(S(=O)(=O)N2CCCO[C@@H]2CNC(=O)C(=O)NC2CCCC2)cc1C. The van der Waals surface area contributed by atoms with E-state index in [0.717, 1.165) is 25.7 Å². The third-order valence-electron chi connectivity index (χ3n) is 5.46. The molecule has 0 bridgehead atoms. The lowest BCUT2D eigenvalue weighted by atomic mass is 10.2. The van der Waals surface area contributed by atoms with E-state index < -0.39 is 28.1 Å². The Kier molecular flexibility index (Phi) is 7.32. The number of carbonyl (C=O) groups excluding carboxylic acids is 2. The van der Waals surface area contributed by atoms with E-state index in [0.29, 0.717) is 24.3 Å². The summed E-state index contributed by atoms with van der Waals surface area (Å²) in [6, 6.07) is 4.68. The maximum Gasteiger partial charge on any atom is 0.309 e. The zero-order valence-electron chi connectivity index (χ0n) is 17.3. The van der Waals surface area contributed by atoms with Crippen molar-refractivity contribution in [3.05, 3.63) is 23.8 Å². The largest absolute Gasteiger partial charge is 0.496 e. The molecule has 1 saturated heterocycles. The van der Waals surface area contributed by atoms with Crippen LogP contribution >= 0.6 is 0 Å². The van der Waals surface area contributed by atoms with Crippen LogP contribution in [0.2, 0.25) is 0 Å². The number of hydrogen-bond donors (Lipinski definition) is 2. The highest BCUT2D eigenvalue weighted by Gasteiger charge is 2.35. The van der Waals surface area contributed by atoms with Crippen LogP contribution in [0.25, 0.3) is 0 Å². The summed E-state index contributed by atoms with van der Waals surface area (Å²) in [5, 5.41) is 5.22. The van der Waals surface area contributed by atoms with Gasteiger partial charge in [-0.05, 0) is 49.9 Å². The number of methoxy groups -OCH3 is 1. The second kappa shape index (κ2) is 9.76. The molecule has 3 rings (SSSR count). The van der Waals surface area contributed by atoms with E-state index in [4.69, 9.17) is 9.47 Å². The normalized spacial score (nSPS) is 20.7. The number of aryl methyl sites for hydroxylation is 1. The van der Waals surface area contributed by atoms with Gasteiger partial charge in [0.05, 0.1) is 25.2 Å². The Labute approximate surface area is 177 Å². The van der Waals surface area contributed by atoms with Gasteiger partial charge in [0, 0.05) is 12.6 Å². The molecule has 10 heteroatoms. The molecule has 0 radical (unpaired) electrons. The van der Waals surface area contributed by atoms with Crippen LogP contribution in [0, 0.1) is 6.92 Å². The lowest BCUT2D eigenvalue weighted by Gasteiger charge is -2.34. The number of nitrogens with zero attached hydrogens (tertiary/aromatic N) is 1. The number of carbonyl (C=O) groups is 2. The van der Waals surface area contributed by atoms with Gasteiger partial charge in [-0.2, -0.15) is 4.31 Å². The number of rotatable bonds is 6. The Morgan fingerprint density at radius 1 is 1.20 bits per heavy atom. The summed E-state index contributed by atoms with van der Waals surface area (Å²) in [7, 11) is -2.32. The molecule has 2 amide bonds. The van der Waals surface area contributed by atoms with E-state index in [1.807, 2.05) is 0 Å². The zero-order valence-corrected chi connectivity index (χ0v) is 18.2. The Morgan fingerprint density at radius 2 is 1.93 bits per heavy atom. The van der Waals surface area contributed by atoms with Crippen LogP contribution in [0.1, 0.15) is 37.7 Å². The lowest BCUT2D eigenvalue weighted by Crippen LogP contribution is -2.53. The van der Waals surface area contributed by atoms with Gasteiger partial charge in [0.1, 0.15) is 12.0 Å². The molecule has 30 heavy (non-hydrogen) atoms. The summed E-state index contributed by atoms with van der Waals surface area (Å²) in [6.07, 6.45) is 3.49. The van der Waals surface area contributed by atoms with Crippen molar-refractivity contribution in [1.29, 1.82) is 0 Å². The van der Waals surface area contributed by atoms with E-state index in [1.54, 1.807) is 19.1 Å². The van der Waals surface area contributed by atoms with Gasteiger partial charge in [0.15, 0.2) is 0 Å². The Hall–Kier alpha value is -2.17. The minimum absolute atomic E-state index is 0.0318. The predicted octanol–water partition coefficient (Wildman–Crippen LogP) is 0.916. The summed E-state index contributed by atoms with van der Waals surface area (Å²) in [5.74, 6) is -0.882. The first-order valence-electron chi connectivity index (χ1n) is 10.2. The number of ether oxygens (including phenoxy) is 2. The van der Waals surface area contributed by atoms with Crippen molar-refractivity contribution in [3.63, 3.8) is 0 Å². The van der Waals surface area contributed by atoms with Crippen LogP contribution in [0.3, 0.4) is 0 Å². The molecule has 0 unspecified atom stereocenters. The lowest BCUT2D eigenvalue weighted by molar-refractivity contribution is -0.140. The van der Waals surface area contributed by atoms with Crippen molar-refractivity contribution >= 4 is 21.8 Å². The second-order valence-corrected chi connectivity index (χ2v) is 9.48. The molecule has 1 atom stereocenters. The molecular weight excluding hydrogens is 410 g/mol. The minimum Gasteiger partial charge on any atom is -0.496 e. The second-order valence-electron chi connectivity index (χ2n) is 7.59. The van der Waals surface area contributed by atoms with E-state index in [9.17, 15) is 18.0 Å². The van der Waals surface area contributed by atoms with Crippen molar-refractivity contribution in [2.24, 2.45) is 0 Å². The van der Waals surface area contributed by atoms with Gasteiger partial charge in [-0.3, -0.25) is 9.59 Å². The van der Waals surface area contributed by atoms with Gasteiger partial charge in [-0.15, -0.1) is 0 Å². The van der Waals surface area contributed by atoms with Gasteiger partial charge < -0.3 is 20.1 Å². The fraction of sp³-hybridized carbons (Fsp3) is 0.600. The van der Waals surface area contributed by atoms with E-state index in [1.165, 1.54) is 17.5 Å². The average Bonchev–Trinajstić information content (AvgIpc) is 3.25. The molecular formula is C20H29N3O6S. The number of hydrogen-bond acceptors (Lipinski definition) is 6. The van der Waals surface area contributed by atoms with Crippen molar-refractivity contribution in [2.75, 3.05) is 26.8 Å². The van der Waals surface area contributed by atoms with Crippen molar-refractivity contribution in [3.8, 4) is 5.75 Å². The molecule has 1 aliphatic heterocycles. The Morgan fingerprint density at radius 3 is 2.60 bits per heavy atom. The van der Waals surface area contributed by atoms with Crippen molar-refractivity contribution in [2.45, 2.75) is 56.2 Å². The van der Waals surface area contributed by atoms with E-state index in [2.05, 4.69) is 10.6 Å². The highest BCUT2D eigenvalue weighted by molar-refractivity contribution is 7.89. The number of benzene rings is 1. The van der Waals surface area contributed by atoms with E-state index in [-0.39, 0.29) is 24.0 Å². The van der Waals surface area contributed by atoms with Crippen LogP contribution in [-0.2, 0) is 24.3 Å². The van der Waals surface area contributed by atoms with Gasteiger partial charge in [0.2, 0.25) is 10.0 Å². The first-order valence-corrected chi connectivity index (χ1v) is 11.6. The predicted molar refractivity (Wildman–Crippen MR) is 109 cm³/mol. The van der Waals surface area contributed by atoms with Crippen LogP contribution in [-0.4, -0.2) is 63.6 Å². The molecule has 1 heterocycles. The van der Waals surface area contributed by atoms with Crippen LogP contribution < -0.4 is 15.4 Å². The van der Waals surface area contributed by atoms with Gasteiger partial charge >= 0.3 is 11.8 Å². The Bertz CT molecular complexity index is 883. The summed E-state index contributed by atoms with van der Waals surface area (Å²) < 4.78 is 38.4. The summed E-state index contributed by atoms with van der Waals surface area (Å²) in [6.45, 7) is 2.31. The molecule has 9 nitrogen and oxygen atoms in total. The molecule has 1 aromatic carbocycles. The molecule has 1 aliphatic carbocycles. The third-order valence-corrected chi connectivity index (χ3v) is 7.35. The fourth-order valence-corrected chi connectivity index (χ4v) is 5.48. The topological polar surface area (TPSA) is 114 Å². The molecule has 0 spiro atoms. The third kappa shape index (κ3) is 5.11. The summed E-state index contributed by atoms with van der Waals surface area (Å²) in [5.41, 5.74) is 0.699. The zero-order chi connectivity index (χ0) is 21.7. The van der Waals surface area contributed by atoms with Gasteiger partial charge in [-0.1, -0.05) is 12.8 Å². The van der Waals surface area contributed by atoms with Crippen LogP contribution in [0.5, 0.6) is 5.75 Å². The number of sulfonamides is 1. The molecule has 1 saturated carbocycles. The highest BCUT2D eigenvalue weighted by Crippen LogP contribution is 2.26. The monoisotopic (exact) mass is 439 g/mol. The summed E-state index contributed by atoms with van der Waals surface area (Å²) >= 11 is 0. The molecule has 2 aliphatic rings. The Balaban J connectivity index is 1.66. The molecule has 0 aromatic heterocycles. The maximum atomic E-state index is 13.2. The molecule has 2 N–H and O–H groups in total. The smallest absolute Gasteiger partial charge is 0.309 e. The first kappa shape index (κ1) is 22.5. The standard InChI is InChI=1S/C20H29N3O6S/c1-14-12-16(8-9-17(14)28-2)30(26,27)23-10-5-11-29-18(23)13-21-19(24)20(25)22-15-6-3-4-7-15/h8-9,12,15,18H,3-7,10-11,13H2,1-2H3,(H,21,24)(H,22,25)/t18-/m1/s1. The highest BCUT2D eigenvalue weighted by atomic mass is 32.2. The van der Waals surface area contributed by atoms with Crippen LogP contribution in [0.4, 0.5) is 0 Å². The number of nitrogens with one attached hydrogen (secondary N) is 2. The summed E-state index contributed by atoms with van der Waals surface area (Å²) in [4.78, 5) is 24.3. The quantitative estimate of drug-likeness (QED) is 0.637. The fourth-order valence-electron chi connectivity index (χ4n) is 3.83. The van der Waals surface area contributed by atoms with Crippen molar-refractivity contribution in [1.82, 2.24) is 14.9 Å². The van der Waals surface area contributed by atoms with Gasteiger partial charge in [0.25, 0.3) is 0 Å². The molecule has 1 aromatic rings. The first-order chi connectivity index (χ1) is 14.3.